The van der Waals surface area contributed by atoms with Crippen molar-refractivity contribution in [3.63, 3.8) is 0 Å². The van der Waals surface area contributed by atoms with E-state index >= 15 is 0 Å². The molecule has 1 aromatic rings. The van der Waals surface area contributed by atoms with Gasteiger partial charge in [0.05, 0.1) is 11.0 Å². The van der Waals surface area contributed by atoms with Gasteiger partial charge in [0.2, 0.25) is 5.82 Å². The molecule has 0 fully saturated rings. The maximum Gasteiger partial charge on any atom is 0.324 e. The highest BCUT2D eigenvalue weighted by Crippen LogP contribution is 2.29. The third-order valence-corrected chi connectivity index (χ3v) is 4.35. The Morgan fingerprint density at radius 3 is 2.65 bits per heavy atom. The summed E-state index contributed by atoms with van der Waals surface area (Å²) in [7, 11) is -4.29. The summed E-state index contributed by atoms with van der Waals surface area (Å²) in [6.07, 6.45) is 0.421. The highest BCUT2D eigenvalue weighted by atomic mass is 32.2. The Hall–Kier alpha value is -2.05. The van der Waals surface area contributed by atoms with Crippen LogP contribution in [0, 0.1) is 27.3 Å². The predicted molar refractivity (Wildman–Crippen MR) is 67.7 cm³/mol. The first kappa shape index (κ1) is 16.0. The van der Waals surface area contributed by atoms with Crippen LogP contribution in [-0.4, -0.2) is 30.7 Å². The first-order chi connectivity index (χ1) is 9.36. The molecule has 0 bridgehead atoms. The number of hydrogen-bond acceptors (Lipinski definition) is 5. The van der Waals surface area contributed by atoms with Crippen LogP contribution < -0.4 is 0 Å². The lowest BCUT2D eigenvalue weighted by atomic mass is 10.3. The van der Waals surface area contributed by atoms with Crippen LogP contribution in [0.25, 0.3) is 0 Å². The summed E-state index contributed by atoms with van der Waals surface area (Å²) >= 11 is 0. The van der Waals surface area contributed by atoms with Gasteiger partial charge in [-0.2, -0.15) is 14.0 Å². The van der Waals surface area contributed by atoms with Gasteiger partial charge in [-0.25, -0.2) is 8.42 Å². The molecule has 9 heteroatoms. The van der Waals surface area contributed by atoms with E-state index in [1.807, 2.05) is 0 Å². The number of sulfonamides is 1. The molecule has 108 valence electrons. The summed E-state index contributed by atoms with van der Waals surface area (Å²) in [6.45, 7) is 1.26. The average molecular weight is 301 g/mol. The first-order valence-corrected chi connectivity index (χ1v) is 7.10. The molecule has 0 radical (unpaired) electrons. The lowest BCUT2D eigenvalue weighted by molar-refractivity contribution is -0.390. The van der Waals surface area contributed by atoms with Crippen LogP contribution in [0.2, 0.25) is 0 Å². The molecule has 0 N–H and O–H groups in total. The molecule has 7 nitrogen and oxygen atoms in total. The maximum atomic E-state index is 13.5. The molecule has 0 unspecified atom stereocenters. The van der Waals surface area contributed by atoms with Gasteiger partial charge < -0.3 is 0 Å². The Kier molecular flexibility index (Phi) is 5.12. The smallest absolute Gasteiger partial charge is 0.258 e. The minimum Gasteiger partial charge on any atom is -0.258 e. The minimum atomic E-state index is -4.29. The van der Waals surface area contributed by atoms with Crippen molar-refractivity contribution in [2.24, 2.45) is 0 Å². The molecular formula is C11H12FN3O4S. The Bertz CT molecular complexity index is 654. The van der Waals surface area contributed by atoms with Gasteiger partial charge in [0.15, 0.2) is 4.90 Å². The maximum absolute atomic E-state index is 13.5. The van der Waals surface area contributed by atoms with Crippen molar-refractivity contribution in [3.05, 3.63) is 34.1 Å². The van der Waals surface area contributed by atoms with Gasteiger partial charge in [0.25, 0.3) is 10.0 Å². The van der Waals surface area contributed by atoms with Crippen LogP contribution in [0.1, 0.15) is 13.3 Å². The summed E-state index contributed by atoms with van der Waals surface area (Å²) in [4.78, 5) is 9.02. The van der Waals surface area contributed by atoms with E-state index in [9.17, 15) is 22.9 Å². The van der Waals surface area contributed by atoms with E-state index in [2.05, 4.69) is 0 Å². The number of halogens is 1. The van der Waals surface area contributed by atoms with Gasteiger partial charge in [-0.15, -0.1) is 0 Å². The number of para-hydroxylation sites is 1. The Morgan fingerprint density at radius 1 is 1.50 bits per heavy atom. The fourth-order valence-electron chi connectivity index (χ4n) is 1.63. The SMILES string of the molecule is CCCN(CC#N)S(=O)(=O)c1cccc(F)c1[N+](=O)[O-]. The fraction of sp³-hybridized carbons (Fsp3) is 0.364. The Balaban J connectivity index is 3.46. The van der Waals surface area contributed by atoms with Crippen LogP contribution >= 0.6 is 0 Å². The molecule has 1 aromatic carbocycles. The molecule has 1 rings (SSSR count). The van der Waals surface area contributed by atoms with Crippen LogP contribution in [0.3, 0.4) is 0 Å². The molecule has 0 atom stereocenters. The zero-order chi connectivity index (χ0) is 15.3. The van der Waals surface area contributed by atoms with Gasteiger partial charge in [0, 0.05) is 6.54 Å². The van der Waals surface area contributed by atoms with Crippen molar-refractivity contribution in [3.8, 4) is 6.07 Å². The van der Waals surface area contributed by atoms with E-state index in [1.54, 1.807) is 13.0 Å². The van der Waals surface area contributed by atoms with Crippen molar-refractivity contribution in [1.82, 2.24) is 4.31 Å². The van der Waals surface area contributed by atoms with Crippen molar-refractivity contribution in [1.29, 1.82) is 5.26 Å². The van der Waals surface area contributed by atoms with E-state index in [0.717, 1.165) is 22.5 Å². The van der Waals surface area contributed by atoms with Crippen molar-refractivity contribution < 1.29 is 17.7 Å². The summed E-state index contributed by atoms with van der Waals surface area (Å²) in [5.74, 6) is -1.23. The topological polar surface area (TPSA) is 104 Å². The standard InChI is InChI=1S/C11H12FN3O4S/c1-2-7-14(8-6-13)20(18,19)10-5-3-4-9(12)11(10)15(16)17/h3-5H,2,7-8H2,1H3. The fourth-order valence-corrected chi connectivity index (χ4v) is 3.23. The first-order valence-electron chi connectivity index (χ1n) is 5.66. The number of nitro groups is 1. The Labute approximate surface area is 115 Å². The average Bonchev–Trinajstić information content (AvgIpc) is 2.37. The largest absolute Gasteiger partial charge is 0.324 e. The molecule has 0 saturated carbocycles. The summed E-state index contributed by atoms with van der Waals surface area (Å²) < 4.78 is 38.8. The van der Waals surface area contributed by atoms with Gasteiger partial charge in [-0.1, -0.05) is 13.0 Å². The number of nitriles is 1. The molecule has 0 aliphatic rings. The quantitative estimate of drug-likeness (QED) is 0.451. The predicted octanol–water partition coefficient (Wildman–Crippen LogP) is 1.66. The van der Waals surface area contributed by atoms with Gasteiger partial charge in [0.1, 0.15) is 6.54 Å². The number of rotatable bonds is 6. The second kappa shape index (κ2) is 6.40. The molecule has 0 spiro atoms. The van der Waals surface area contributed by atoms with E-state index in [4.69, 9.17) is 5.26 Å². The molecule has 0 heterocycles. The number of nitro benzene ring substituents is 1. The summed E-state index contributed by atoms with van der Waals surface area (Å²) in [5.41, 5.74) is -1.11. The van der Waals surface area contributed by atoms with Crippen LogP contribution in [0.5, 0.6) is 0 Å². The zero-order valence-corrected chi connectivity index (χ0v) is 11.4. The van der Waals surface area contributed by atoms with Crippen molar-refractivity contribution >= 4 is 15.7 Å². The van der Waals surface area contributed by atoms with Crippen molar-refractivity contribution in [2.75, 3.05) is 13.1 Å². The van der Waals surface area contributed by atoms with E-state index < -0.39 is 37.9 Å². The molecular weight excluding hydrogens is 289 g/mol. The molecule has 0 saturated heterocycles. The highest BCUT2D eigenvalue weighted by Gasteiger charge is 2.33. The molecule has 20 heavy (non-hydrogen) atoms. The van der Waals surface area contributed by atoms with E-state index in [-0.39, 0.29) is 6.54 Å². The third kappa shape index (κ3) is 3.09. The van der Waals surface area contributed by atoms with Gasteiger partial charge >= 0.3 is 5.69 Å². The Morgan fingerprint density at radius 2 is 2.15 bits per heavy atom. The molecule has 0 aliphatic carbocycles. The van der Waals surface area contributed by atoms with Crippen LogP contribution in [0.4, 0.5) is 10.1 Å². The third-order valence-electron chi connectivity index (χ3n) is 2.47. The van der Waals surface area contributed by atoms with E-state index in [1.165, 1.54) is 0 Å². The number of hydrogen-bond donors (Lipinski definition) is 0. The number of nitrogens with zero attached hydrogens (tertiary/aromatic N) is 3. The molecule has 0 aromatic heterocycles. The monoisotopic (exact) mass is 301 g/mol. The lowest BCUT2D eigenvalue weighted by Gasteiger charge is -2.18. The second-order valence-electron chi connectivity index (χ2n) is 3.84. The lowest BCUT2D eigenvalue weighted by Crippen LogP contribution is -2.32. The number of benzene rings is 1. The molecule has 0 amide bonds. The van der Waals surface area contributed by atoms with Gasteiger partial charge in [-0.3, -0.25) is 10.1 Å². The molecule has 0 aliphatic heterocycles. The van der Waals surface area contributed by atoms with E-state index in [0.29, 0.717) is 6.42 Å². The summed E-state index contributed by atoms with van der Waals surface area (Å²) in [6, 6.07) is 4.52. The second-order valence-corrected chi connectivity index (χ2v) is 5.75. The van der Waals surface area contributed by atoms with Crippen LogP contribution in [-0.2, 0) is 10.0 Å². The van der Waals surface area contributed by atoms with Gasteiger partial charge in [-0.05, 0) is 18.6 Å². The summed E-state index contributed by atoms with van der Waals surface area (Å²) in [5, 5.41) is 19.5. The highest BCUT2D eigenvalue weighted by molar-refractivity contribution is 7.89. The zero-order valence-electron chi connectivity index (χ0n) is 10.6. The normalized spacial score (nSPS) is 11.3. The minimum absolute atomic E-state index is 0.0174. The van der Waals surface area contributed by atoms with Crippen molar-refractivity contribution in [2.45, 2.75) is 18.2 Å². The van der Waals surface area contributed by atoms with Crippen LogP contribution in [0.15, 0.2) is 23.1 Å².